The quantitative estimate of drug-likeness (QED) is 0.189. The second-order valence-electron chi connectivity index (χ2n) is 9.15. The third-order valence-electron chi connectivity index (χ3n) is 6.49. The van der Waals surface area contributed by atoms with Crippen molar-refractivity contribution in [3.8, 4) is 22.5 Å². The zero-order valence-electron chi connectivity index (χ0n) is 23.5. The van der Waals surface area contributed by atoms with Crippen LogP contribution < -0.4 is 108 Å². The van der Waals surface area contributed by atoms with Crippen LogP contribution in [0.15, 0.2) is 83.5 Å². The second-order valence-corrected chi connectivity index (χ2v) is 9.90. The fourth-order valence-corrected chi connectivity index (χ4v) is 5.21. The molecule has 5 rings (SSSR count). The number of anilines is 1. The van der Waals surface area contributed by atoms with Gasteiger partial charge in [0, 0.05) is 25.2 Å². The van der Waals surface area contributed by atoms with Gasteiger partial charge < -0.3 is 10.0 Å². The molecule has 0 fully saturated rings. The Balaban J connectivity index is 0.00000231. The Kier molecular flexibility index (Phi) is 14.0. The average molecular weight is 665 g/mol. The molecule has 0 saturated carbocycles. The number of carboxylic acid groups (broad SMARTS) is 1. The molecule has 0 atom stereocenters. The Hall–Kier alpha value is -1.04. The molecule has 9 nitrogen and oxygen atoms in total. The summed E-state index contributed by atoms with van der Waals surface area (Å²) in [5.41, 5.74) is 5.33. The van der Waals surface area contributed by atoms with E-state index in [1.165, 1.54) is 5.56 Å². The third kappa shape index (κ3) is 8.54. The summed E-state index contributed by atoms with van der Waals surface area (Å²) < 4.78 is 2.22. The molecule has 0 amide bonds. The van der Waals surface area contributed by atoms with Crippen LogP contribution >= 0.6 is 15.9 Å². The predicted octanol–water partition coefficient (Wildman–Crippen LogP) is -0.142. The van der Waals surface area contributed by atoms with Gasteiger partial charge in [0.1, 0.15) is 10.2 Å². The van der Waals surface area contributed by atoms with Gasteiger partial charge in [-0.15, -0.1) is 10.2 Å². The minimum absolute atomic E-state index is 0. The number of rotatable bonds is 11. The molecule has 0 unspecified atom stereocenters. The van der Waals surface area contributed by atoms with E-state index in [1.54, 1.807) is 4.68 Å². The molecule has 2 N–H and O–H groups in total. The molecule has 0 spiro atoms. The number of hydrogen-bond acceptors (Lipinski definition) is 6. The maximum Gasteiger partial charge on any atom is 1.00 e. The summed E-state index contributed by atoms with van der Waals surface area (Å²) in [6.07, 6.45) is 1.60. The van der Waals surface area contributed by atoms with Gasteiger partial charge in [-0.2, -0.15) is 10.3 Å². The molecule has 0 bridgehead atoms. The molecule has 2 aromatic heterocycles. The Morgan fingerprint density at radius 1 is 0.951 bits per heavy atom. The molecule has 12 heteroatoms. The molecule has 0 radical (unpaired) electrons. The largest absolute Gasteiger partial charge is 1.00 e. The number of carbonyl (C=O) groups is 1. The van der Waals surface area contributed by atoms with E-state index in [-0.39, 0.29) is 108 Å². The molecule has 198 valence electrons. The van der Waals surface area contributed by atoms with E-state index in [0.29, 0.717) is 35.9 Å². The first-order chi connectivity index (χ1) is 19.0. The van der Waals surface area contributed by atoms with Gasteiger partial charge in [-0.25, -0.2) is 4.79 Å². The summed E-state index contributed by atoms with van der Waals surface area (Å²) in [7, 11) is 0. The van der Waals surface area contributed by atoms with Gasteiger partial charge in [0.25, 0.3) is 0 Å². The standard InChI is InChI=1S/C29H28BrN7O2.2K/c1-2-17-36(28-25(29(38)39)26(30)37(33-28)18-16-20-8-4-3-5-9-20)19-21-12-14-22(15-13-21)23-10-6-7-11-24(23)27-31-34-35-32-27;;/h3-15H,2,16-19H2,1H3,(H,38,39)(H,31,32,34,35);;/q;2*+1. The molecular formula is C29H28BrK2N7O2+2. The Morgan fingerprint density at radius 2 is 1.63 bits per heavy atom. The zero-order chi connectivity index (χ0) is 27.2. The number of halogens is 1. The monoisotopic (exact) mass is 663 g/mol. The number of benzene rings is 3. The number of hydrogen-bond donors (Lipinski definition) is 2. The van der Waals surface area contributed by atoms with Crippen molar-refractivity contribution in [1.29, 1.82) is 0 Å². The van der Waals surface area contributed by atoms with Crippen LogP contribution in [0, 0.1) is 0 Å². The van der Waals surface area contributed by atoms with Crippen LogP contribution in [0.5, 0.6) is 0 Å². The number of aromatic carboxylic acids is 1. The Labute approximate surface area is 332 Å². The summed E-state index contributed by atoms with van der Waals surface area (Å²) >= 11 is 3.52. The first-order valence-electron chi connectivity index (χ1n) is 12.8. The summed E-state index contributed by atoms with van der Waals surface area (Å²) in [5.74, 6) is 0.00611. The number of aromatic amines is 1. The van der Waals surface area contributed by atoms with E-state index in [9.17, 15) is 9.90 Å². The Morgan fingerprint density at radius 3 is 2.27 bits per heavy atom. The van der Waals surface area contributed by atoms with E-state index in [4.69, 9.17) is 5.10 Å². The number of nitrogens with one attached hydrogen (secondary N) is 1. The second kappa shape index (κ2) is 16.7. The first kappa shape index (κ1) is 34.5. The van der Waals surface area contributed by atoms with Crippen molar-refractivity contribution in [1.82, 2.24) is 30.4 Å². The number of tetrazole rings is 1. The molecule has 0 aliphatic rings. The normalized spacial score (nSPS) is 10.5. The van der Waals surface area contributed by atoms with Gasteiger partial charge in [0.2, 0.25) is 5.82 Å². The SMILES string of the molecule is CCCN(Cc1ccc(-c2ccccc2-c2nn[nH]n2)cc1)c1nn(CCc2ccccc2)c(Br)c1C(=O)O.[K+].[K+]. The van der Waals surface area contributed by atoms with Crippen molar-refractivity contribution in [2.24, 2.45) is 0 Å². The van der Waals surface area contributed by atoms with E-state index < -0.39 is 5.97 Å². The third-order valence-corrected chi connectivity index (χ3v) is 7.29. The topological polar surface area (TPSA) is 113 Å². The van der Waals surface area contributed by atoms with Crippen LogP contribution in [0.3, 0.4) is 0 Å². The van der Waals surface area contributed by atoms with Crippen molar-refractivity contribution < 1.29 is 113 Å². The molecule has 3 aromatic carbocycles. The van der Waals surface area contributed by atoms with Crippen LogP contribution in [0.2, 0.25) is 0 Å². The van der Waals surface area contributed by atoms with Gasteiger partial charge in [0.05, 0.1) is 0 Å². The summed E-state index contributed by atoms with van der Waals surface area (Å²) in [4.78, 5) is 14.3. The van der Waals surface area contributed by atoms with Gasteiger partial charge in [-0.1, -0.05) is 85.8 Å². The minimum Gasteiger partial charge on any atom is -0.477 e. The molecule has 0 aliphatic carbocycles. The first-order valence-corrected chi connectivity index (χ1v) is 13.5. The van der Waals surface area contributed by atoms with Crippen molar-refractivity contribution in [3.05, 3.63) is 100 Å². The van der Waals surface area contributed by atoms with Crippen LogP contribution in [0.25, 0.3) is 22.5 Å². The van der Waals surface area contributed by atoms with Crippen LogP contribution in [-0.2, 0) is 19.5 Å². The average Bonchev–Trinajstić information content (AvgIpc) is 3.61. The number of carboxylic acids is 1. The van der Waals surface area contributed by atoms with Gasteiger partial charge >= 0.3 is 109 Å². The molecule has 41 heavy (non-hydrogen) atoms. The summed E-state index contributed by atoms with van der Waals surface area (Å²) in [6.45, 7) is 3.85. The minimum atomic E-state index is -1.00. The van der Waals surface area contributed by atoms with Crippen molar-refractivity contribution in [3.63, 3.8) is 0 Å². The van der Waals surface area contributed by atoms with Crippen LogP contribution in [0.4, 0.5) is 5.82 Å². The van der Waals surface area contributed by atoms with Crippen molar-refractivity contribution in [2.75, 3.05) is 11.4 Å². The van der Waals surface area contributed by atoms with E-state index in [1.807, 2.05) is 47.4 Å². The fourth-order valence-electron chi connectivity index (χ4n) is 4.61. The number of aryl methyl sites for hydroxylation is 2. The molecule has 0 saturated heterocycles. The number of nitrogens with zero attached hydrogens (tertiary/aromatic N) is 6. The smallest absolute Gasteiger partial charge is 0.477 e. The molecule has 0 aliphatic heterocycles. The van der Waals surface area contributed by atoms with E-state index in [2.05, 4.69) is 79.9 Å². The Bertz CT molecular complexity index is 1550. The molecule has 5 aromatic rings. The summed E-state index contributed by atoms with van der Waals surface area (Å²) in [6, 6.07) is 26.3. The molecular weight excluding hydrogens is 636 g/mol. The maximum atomic E-state index is 12.3. The predicted molar refractivity (Wildman–Crippen MR) is 153 cm³/mol. The van der Waals surface area contributed by atoms with Gasteiger partial charge in [0.15, 0.2) is 5.82 Å². The van der Waals surface area contributed by atoms with Gasteiger partial charge in [-0.05, 0) is 56.2 Å². The maximum absolute atomic E-state index is 12.3. The summed E-state index contributed by atoms with van der Waals surface area (Å²) in [5, 5.41) is 29.3. The van der Waals surface area contributed by atoms with Crippen LogP contribution in [0.1, 0.15) is 34.8 Å². The van der Waals surface area contributed by atoms with Crippen molar-refractivity contribution in [2.45, 2.75) is 32.9 Å². The zero-order valence-corrected chi connectivity index (χ0v) is 31.3. The van der Waals surface area contributed by atoms with Crippen LogP contribution in [-0.4, -0.2) is 48.0 Å². The van der Waals surface area contributed by atoms with E-state index in [0.717, 1.165) is 35.1 Å². The number of aromatic nitrogens is 6. The van der Waals surface area contributed by atoms with E-state index >= 15 is 0 Å². The van der Waals surface area contributed by atoms with Crippen molar-refractivity contribution >= 4 is 27.7 Å². The fraction of sp³-hybridized carbons (Fsp3) is 0.207. The molecule has 2 heterocycles. The number of H-pyrrole nitrogens is 1. The van der Waals surface area contributed by atoms with Gasteiger partial charge in [-0.3, -0.25) is 4.68 Å².